The molecule has 0 amide bonds. The Morgan fingerprint density at radius 3 is 2.38 bits per heavy atom. The van der Waals surface area contributed by atoms with Crippen molar-refractivity contribution in [2.24, 2.45) is 5.92 Å². The Kier molecular flexibility index (Phi) is 2.56. The predicted octanol–water partition coefficient (Wildman–Crippen LogP) is 2.33. The second-order valence-corrected chi connectivity index (χ2v) is 4.90. The lowest BCUT2D eigenvalue weighted by atomic mass is 9.84. The van der Waals surface area contributed by atoms with E-state index in [2.05, 4.69) is 10.2 Å². The van der Waals surface area contributed by atoms with Crippen molar-refractivity contribution in [1.82, 2.24) is 4.90 Å². The van der Waals surface area contributed by atoms with E-state index in [1.165, 1.54) is 38.1 Å². The zero-order valence-electron chi connectivity index (χ0n) is 9.32. The SMILES string of the molecule is Fc1ccc(N[C@@H]2CN3CCC2CC3)cc1. The van der Waals surface area contributed by atoms with Crippen molar-refractivity contribution < 1.29 is 4.39 Å². The summed E-state index contributed by atoms with van der Waals surface area (Å²) in [5.74, 6) is 0.634. The van der Waals surface area contributed by atoms with Crippen molar-refractivity contribution in [3.63, 3.8) is 0 Å². The molecule has 0 radical (unpaired) electrons. The number of hydrogen-bond acceptors (Lipinski definition) is 2. The fourth-order valence-electron chi connectivity index (χ4n) is 2.89. The van der Waals surface area contributed by atoms with Crippen LogP contribution < -0.4 is 5.32 Å². The van der Waals surface area contributed by atoms with Crippen LogP contribution in [0.1, 0.15) is 12.8 Å². The number of piperidine rings is 3. The maximum absolute atomic E-state index is 12.8. The van der Waals surface area contributed by atoms with Gasteiger partial charge in [0, 0.05) is 18.3 Å². The number of rotatable bonds is 2. The summed E-state index contributed by atoms with van der Waals surface area (Å²) >= 11 is 0. The number of nitrogens with zero attached hydrogens (tertiary/aromatic N) is 1. The van der Waals surface area contributed by atoms with Crippen molar-refractivity contribution in [2.45, 2.75) is 18.9 Å². The summed E-state index contributed by atoms with van der Waals surface area (Å²) in [5, 5.41) is 3.53. The minimum Gasteiger partial charge on any atom is -0.381 e. The molecule has 3 fully saturated rings. The molecule has 0 aliphatic carbocycles. The average Bonchev–Trinajstić information content (AvgIpc) is 2.34. The fourth-order valence-corrected chi connectivity index (χ4v) is 2.89. The average molecular weight is 220 g/mol. The van der Waals surface area contributed by atoms with Gasteiger partial charge < -0.3 is 10.2 Å². The number of nitrogens with one attached hydrogen (secondary N) is 1. The van der Waals surface area contributed by atoms with E-state index in [1.54, 1.807) is 0 Å². The molecule has 0 saturated carbocycles. The molecular formula is C13H17FN2. The van der Waals surface area contributed by atoms with Gasteiger partial charge in [-0.15, -0.1) is 0 Å². The molecule has 0 spiro atoms. The first-order valence-corrected chi connectivity index (χ1v) is 6.06. The number of benzene rings is 1. The molecule has 86 valence electrons. The quantitative estimate of drug-likeness (QED) is 0.823. The molecule has 1 N–H and O–H groups in total. The van der Waals surface area contributed by atoms with E-state index in [1.807, 2.05) is 12.1 Å². The standard InChI is InChI=1S/C13H17FN2/c14-11-1-3-12(4-2-11)15-13-9-16-7-5-10(13)6-8-16/h1-4,10,13,15H,5-9H2/t13-/m1/s1. The third-order valence-electron chi connectivity index (χ3n) is 3.85. The van der Waals surface area contributed by atoms with Crippen LogP contribution in [-0.2, 0) is 0 Å². The van der Waals surface area contributed by atoms with E-state index in [4.69, 9.17) is 0 Å². The molecule has 0 aromatic heterocycles. The maximum Gasteiger partial charge on any atom is 0.123 e. The van der Waals surface area contributed by atoms with Crippen molar-refractivity contribution >= 4 is 5.69 Å². The molecule has 4 rings (SSSR count). The maximum atomic E-state index is 12.8. The minimum absolute atomic E-state index is 0.167. The molecular weight excluding hydrogens is 203 g/mol. The van der Waals surface area contributed by atoms with Crippen LogP contribution >= 0.6 is 0 Å². The fraction of sp³-hybridized carbons (Fsp3) is 0.538. The van der Waals surface area contributed by atoms with Gasteiger partial charge in [-0.05, 0) is 56.1 Å². The van der Waals surface area contributed by atoms with Gasteiger partial charge in [0.05, 0.1) is 0 Å². The van der Waals surface area contributed by atoms with Crippen LogP contribution in [0.3, 0.4) is 0 Å². The third-order valence-corrected chi connectivity index (χ3v) is 3.85. The van der Waals surface area contributed by atoms with Gasteiger partial charge in [0.1, 0.15) is 5.82 Å². The molecule has 16 heavy (non-hydrogen) atoms. The van der Waals surface area contributed by atoms with Crippen molar-refractivity contribution in [2.75, 3.05) is 25.0 Å². The van der Waals surface area contributed by atoms with Gasteiger partial charge in [-0.25, -0.2) is 4.39 Å². The molecule has 2 nitrogen and oxygen atoms in total. The first kappa shape index (κ1) is 10.1. The van der Waals surface area contributed by atoms with Crippen LogP contribution in [0.4, 0.5) is 10.1 Å². The molecule has 3 aliphatic rings. The topological polar surface area (TPSA) is 15.3 Å². The number of anilines is 1. The summed E-state index contributed by atoms with van der Waals surface area (Å²) in [6.45, 7) is 3.65. The summed E-state index contributed by atoms with van der Waals surface area (Å²) in [6.07, 6.45) is 2.61. The van der Waals surface area contributed by atoms with Gasteiger partial charge in [-0.1, -0.05) is 0 Å². The van der Waals surface area contributed by atoms with Crippen LogP contribution in [0.15, 0.2) is 24.3 Å². The van der Waals surface area contributed by atoms with Crippen molar-refractivity contribution in [3.05, 3.63) is 30.1 Å². The third kappa shape index (κ3) is 1.92. The molecule has 1 atom stereocenters. The van der Waals surface area contributed by atoms with Gasteiger partial charge in [0.25, 0.3) is 0 Å². The number of halogens is 1. The first-order chi connectivity index (χ1) is 7.81. The summed E-state index contributed by atoms with van der Waals surface area (Å²) in [4.78, 5) is 2.52. The zero-order chi connectivity index (χ0) is 11.0. The first-order valence-electron chi connectivity index (χ1n) is 6.06. The normalized spacial score (nSPS) is 32.7. The Morgan fingerprint density at radius 1 is 1.12 bits per heavy atom. The van der Waals surface area contributed by atoms with Crippen LogP contribution in [0.25, 0.3) is 0 Å². The van der Waals surface area contributed by atoms with E-state index >= 15 is 0 Å². The summed E-state index contributed by atoms with van der Waals surface area (Å²) in [6, 6.07) is 7.24. The van der Waals surface area contributed by atoms with E-state index < -0.39 is 0 Å². The Hall–Kier alpha value is -1.09. The van der Waals surface area contributed by atoms with Gasteiger partial charge >= 0.3 is 0 Å². The van der Waals surface area contributed by atoms with Crippen LogP contribution in [0.2, 0.25) is 0 Å². The molecule has 3 heteroatoms. The second kappa shape index (κ2) is 4.06. The molecule has 3 heterocycles. The van der Waals surface area contributed by atoms with E-state index in [0.29, 0.717) is 6.04 Å². The number of fused-ring (bicyclic) bond motifs is 3. The molecule has 3 saturated heterocycles. The molecule has 1 aromatic carbocycles. The Bertz CT molecular complexity index is 355. The lowest BCUT2D eigenvalue weighted by Gasteiger charge is -2.45. The number of hydrogen-bond donors (Lipinski definition) is 1. The Morgan fingerprint density at radius 2 is 1.81 bits per heavy atom. The monoisotopic (exact) mass is 220 g/mol. The molecule has 0 unspecified atom stereocenters. The summed E-state index contributed by atoms with van der Waals surface area (Å²) in [5.41, 5.74) is 1.04. The van der Waals surface area contributed by atoms with Gasteiger partial charge in [0.15, 0.2) is 0 Å². The Labute approximate surface area is 95.4 Å². The molecule has 2 bridgehead atoms. The largest absolute Gasteiger partial charge is 0.381 e. The minimum atomic E-state index is -0.167. The second-order valence-electron chi connectivity index (χ2n) is 4.90. The highest BCUT2D eigenvalue weighted by Crippen LogP contribution is 2.29. The summed E-state index contributed by atoms with van der Waals surface area (Å²) < 4.78 is 12.8. The van der Waals surface area contributed by atoms with E-state index in [9.17, 15) is 4.39 Å². The lowest BCUT2D eigenvalue weighted by molar-refractivity contribution is 0.0975. The van der Waals surface area contributed by atoms with Crippen LogP contribution in [0, 0.1) is 11.7 Å². The smallest absolute Gasteiger partial charge is 0.123 e. The summed E-state index contributed by atoms with van der Waals surface area (Å²) in [7, 11) is 0. The van der Waals surface area contributed by atoms with Crippen molar-refractivity contribution in [3.8, 4) is 0 Å². The highest BCUT2D eigenvalue weighted by atomic mass is 19.1. The zero-order valence-corrected chi connectivity index (χ0v) is 9.32. The van der Waals surface area contributed by atoms with Gasteiger partial charge in [0.2, 0.25) is 0 Å². The predicted molar refractivity (Wildman–Crippen MR) is 63.0 cm³/mol. The molecule has 1 aromatic rings. The van der Waals surface area contributed by atoms with Gasteiger partial charge in [-0.2, -0.15) is 0 Å². The van der Waals surface area contributed by atoms with Crippen molar-refractivity contribution in [1.29, 1.82) is 0 Å². The van der Waals surface area contributed by atoms with E-state index in [-0.39, 0.29) is 5.82 Å². The van der Waals surface area contributed by atoms with Gasteiger partial charge in [-0.3, -0.25) is 0 Å². The highest BCUT2D eigenvalue weighted by Gasteiger charge is 2.33. The lowest BCUT2D eigenvalue weighted by Crippen LogP contribution is -2.53. The van der Waals surface area contributed by atoms with Crippen LogP contribution in [-0.4, -0.2) is 30.6 Å². The molecule has 3 aliphatic heterocycles. The van der Waals surface area contributed by atoms with E-state index in [0.717, 1.165) is 18.2 Å². The Balaban J connectivity index is 1.68. The van der Waals surface area contributed by atoms with Crippen LogP contribution in [0.5, 0.6) is 0 Å². The highest BCUT2D eigenvalue weighted by molar-refractivity contribution is 5.44.